The van der Waals surface area contributed by atoms with E-state index in [1.165, 1.54) is 11.1 Å². The average Bonchev–Trinajstić information content (AvgIpc) is 2.19. The summed E-state index contributed by atoms with van der Waals surface area (Å²) in [6.45, 7) is 15.8. The third-order valence-electron chi connectivity index (χ3n) is 2.61. The van der Waals surface area contributed by atoms with Crippen LogP contribution in [0.15, 0.2) is 36.9 Å². The first-order valence-corrected chi connectivity index (χ1v) is 6.29. The van der Waals surface area contributed by atoms with Crippen molar-refractivity contribution < 1.29 is 0 Å². The van der Waals surface area contributed by atoms with E-state index in [1.54, 1.807) is 0 Å². The Bertz CT molecular complexity index is 343. The van der Waals surface area contributed by atoms with Gasteiger partial charge in [-0.3, -0.25) is 4.90 Å². The Morgan fingerprint density at radius 3 is 2.24 bits per heavy atom. The zero-order valence-electron chi connectivity index (χ0n) is 11.7. The van der Waals surface area contributed by atoms with Crippen molar-refractivity contribution in [3.05, 3.63) is 48.0 Å². The molecule has 1 rings (SSSR count). The first kappa shape index (κ1) is 14.0. The summed E-state index contributed by atoms with van der Waals surface area (Å²) in [6, 6.07) is 8.79. The van der Waals surface area contributed by atoms with E-state index < -0.39 is 0 Å². The molecule has 0 spiro atoms. The van der Waals surface area contributed by atoms with Gasteiger partial charge in [-0.1, -0.05) is 56.7 Å². The average molecular weight is 231 g/mol. The molecule has 0 bridgehead atoms. The van der Waals surface area contributed by atoms with E-state index in [4.69, 9.17) is 0 Å². The molecule has 0 unspecified atom stereocenters. The molecular formula is C16H25N. The molecule has 0 saturated heterocycles. The van der Waals surface area contributed by atoms with E-state index in [-0.39, 0.29) is 0 Å². The second kappa shape index (κ2) is 6.02. The fourth-order valence-corrected chi connectivity index (χ4v) is 1.99. The van der Waals surface area contributed by atoms with Crippen molar-refractivity contribution in [2.45, 2.75) is 34.2 Å². The molecular weight excluding hydrogens is 206 g/mol. The maximum absolute atomic E-state index is 3.84. The number of hydrogen-bond acceptors (Lipinski definition) is 1. The predicted octanol–water partition coefficient (Wildman–Crippen LogP) is 4.03. The Kier molecular flexibility index (Phi) is 4.95. The largest absolute Gasteiger partial charge is 0.295 e. The SMILES string of the molecule is C=CCN(Cc1ccc(C)cc1)CC(C)(C)C. The lowest BCUT2D eigenvalue weighted by atomic mass is 9.95. The van der Waals surface area contributed by atoms with Crippen molar-refractivity contribution >= 4 is 0 Å². The van der Waals surface area contributed by atoms with Crippen LogP contribution >= 0.6 is 0 Å². The molecule has 1 aromatic carbocycles. The van der Waals surface area contributed by atoms with Gasteiger partial charge in [0.15, 0.2) is 0 Å². The van der Waals surface area contributed by atoms with E-state index in [1.807, 2.05) is 6.08 Å². The van der Waals surface area contributed by atoms with E-state index in [9.17, 15) is 0 Å². The van der Waals surface area contributed by atoms with Crippen LogP contribution < -0.4 is 0 Å². The molecule has 1 nitrogen and oxygen atoms in total. The molecule has 0 radical (unpaired) electrons. The third-order valence-corrected chi connectivity index (χ3v) is 2.61. The molecule has 0 N–H and O–H groups in total. The fourth-order valence-electron chi connectivity index (χ4n) is 1.99. The van der Waals surface area contributed by atoms with Gasteiger partial charge in [0.2, 0.25) is 0 Å². The van der Waals surface area contributed by atoms with Crippen LogP contribution in [0, 0.1) is 12.3 Å². The van der Waals surface area contributed by atoms with Crippen LogP contribution in [-0.2, 0) is 6.54 Å². The normalized spacial score (nSPS) is 11.8. The minimum Gasteiger partial charge on any atom is -0.295 e. The standard InChI is InChI=1S/C16H25N/c1-6-11-17(13-16(3,4)5)12-15-9-7-14(2)8-10-15/h6-10H,1,11-13H2,2-5H3. The van der Waals surface area contributed by atoms with Crippen molar-refractivity contribution in [2.75, 3.05) is 13.1 Å². The molecule has 0 amide bonds. The Balaban J connectivity index is 2.66. The lowest BCUT2D eigenvalue weighted by Crippen LogP contribution is -2.32. The van der Waals surface area contributed by atoms with Crippen LogP contribution in [0.3, 0.4) is 0 Å². The van der Waals surface area contributed by atoms with Crippen molar-refractivity contribution in [3.63, 3.8) is 0 Å². The van der Waals surface area contributed by atoms with Gasteiger partial charge in [0, 0.05) is 19.6 Å². The van der Waals surface area contributed by atoms with Gasteiger partial charge < -0.3 is 0 Å². The summed E-state index contributed by atoms with van der Waals surface area (Å²) >= 11 is 0. The highest BCUT2D eigenvalue weighted by Gasteiger charge is 2.15. The van der Waals surface area contributed by atoms with Crippen LogP contribution in [0.5, 0.6) is 0 Å². The van der Waals surface area contributed by atoms with Crippen molar-refractivity contribution in [1.29, 1.82) is 0 Å². The van der Waals surface area contributed by atoms with Gasteiger partial charge in [0.05, 0.1) is 0 Å². The summed E-state index contributed by atoms with van der Waals surface area (Å²) in [4.78, 5) is 2.44. The smallest absolute Gasteiger partial charge is 0.0237 e. The molecule has 0 heterocycles. The maximum atomic E-state index is 3.84. The molecule has 17 heavy (non-hydrogen) atoms. The molecule has 0 atom stereocenters. The number of rotatable bonds is 5. The van der Waals surface area contributed by atoms with Crippen LogP contribution in [-0.4, -0.2) is 18.0 Å². The minimum atomic E-state index is 0.327. The molecule has 0 aliphatic rings. The van der Waals surface area contributed by atoms with Gasteiger partial charge in [0.1, 0.15) is 0 Å². The molecule has 94 valence electrons. The summed E-state index contributed by atoms with van der Waals surface area (Å²) in [5.74, 6) is 0. The highest BCUT2D eigenvalue weighted by molar-refractivity contribution is 5.21. The van der Waals surface area contributed by atoms with Crippen LogP contribution in [0.25, 0.3) is 0 Å². The number of nitrogens with zero attached hydrogens (tertiary/aromatic N) is 1. The summed E-state index contributed by atoms with van der Waals surface area (Å²) in [5, 5.41) is 0. The van der Waals surface area contributed by atoms with E-state index in [2.05, 4.69) is 63.4 Å². The first-order chi connectivity index (χ1) is 7.90. The lowest BCUT2D eigenvalue weighted by Gasteiger charge is -2.29. The van der Waals surface area contributed by atoms with E-state index >= 15 is 0 Å². The fraction of sp³-hybridized carbons (Fsp3) is 0.500. The highest BCUT2D eigenvalue weighted by Crippen LogP contribution is 2.17. The molecule has 0 aliphatic carbocycles. The van der Waals surface area contributed by atoms with Gasteiger partial charge in [0.25, 0.3) is 0 Å². The lowest BCUT2D eigenvalue weighted by molar-refractivity contribution is 0.201. The molecule has 1 heteroatoms. The Labute approximate surface area is 106 Å². The van der Waals surface area contributed by atoms with E-state index in [0.717, 1.165) is 19.6 Å². The summed E-state index contributed by atoms with van der Waals surface area (Å²) < 4.78 is 0. The topological polar surface area (TPSA) is 3.24 Å². The molecule has 0 fully saturated rings. The highest BCUT2D eigenvalue weighted by atomic mass is 15.1. The van der Waals surface area contributed by atoms with Gasteiger partial charge in [-0.05, 0) is 17.9 Å². The van der Waals surface area contributed by atoms with Gasteiger partial charge in [-0.2, -0.15) is 0 Å². The Morgan fingerprint density at radius 1 is 1.18 bits per heavy atom. The summed E-state index contributed by atoms with van der Waals surface area (Å²) in [5.41, 5.74) is 3.02. The molecule has 1 aromatic rings. The van der Waals surface area contributed by atoms with Crippen molar-refractivity contribution in [1.82, 2.24) is 4.90 Å². The first-order valence-electron chi connectivity index (χ1n) is 6.29. The minimum absolute atomic E-state index is 0.327. The maximum Gasteiger partial charge on any atom is 0.0237 e. The number of hydrogen-bond donors (Lipinski definition) is 0. The summed E-state index contributed by atoms with van der Waals surface area (Å²) in [6.07, 6.45) is 1.99. The third kappa shape index (κ3) is 5.69. The van der Waals surface area contributed by atoms with Crippen LogP contribution in [0.4, 0.5) is 0 Å². The number of benzene rings is 1. The Morgan fingerprint density at radius 2 is 1.76 bits per heavy atom. The number of aryl methyl sites for hydroxylation is 1. The van der Waals surface area contributed by atoms with Gasteiger partial charge >= 0.3 is 0 Å². The van der Waals surface area contributed by atoms with E-state index in [0.29, 0.717) is 5.41 Å². The van der Waals surface area contributed by atoms with Crippen molar-refractivity contribution in [3.8, 4) is 0 Å². The van der Waals surface area contributed by atoms with Crippen LogP contribution in [0.1, 0.15) is 31.9 Å². The summed E-state index contributed by atoms with van der Waals surface area (Å²) in [7, 11) is 0. The molecule has 0 aliphatic heterocycles. The Hall–Kier alpha value is -1.08. The van der Waals surface area contributed by atoms with Crippen molar-refractivity contribution in [2.24, 2.45) is 5.41 Å². The van der Waals surface area contributed by atoms with Gasteiger partial charge in [-0.25, -0.2) is 0 Å². The van der Waals surface area contributed by atoms with Crippen LogP contribution in [0.2, 0.25) is 0 Å². The molecule has 0 saturated carbocycles. The monoisotopic (exact) mass is 231 g/mol. The zero-order valence-corrected chi connectivity index (χ0v) is 11.7. The van der Waals surface area contributed by atoms with Gasteiger partial charge in [-0.15, -0.1) is 6.58 Å². The molecule has 0 aromatic heterocycles. The zero-order chi connectivity index (χ0) is 12.9. The second-order valence-corrected chi connectivity index (χ2v) is 6.00. The predicted molar refractivity (Wildman–Crippen MR) is 76.1 cm³/mol. The second-order valence-electron chi connectivity index (χ2n) is 6.00. The quantitative estimate of drug-likeness (QED) is 0.692.